The van der Waals surface area contributed by atoms with Crippen molar-refractivity contribution in [1.82, 2.24) is 18.7 Å². The Labute approximate surface area is 146 Å². The van der Waals surface area contributed by atoms with Crippen LogP contribution in [0.4, 0.5) is 0 Å². The van der Waals surface area contributed by atoms with Crippen molar-refractivity contribution in [2.24, 2.45) is 7.05 Å². The van der Waals surface area contributed by atoms with Gasteiger partial charge in [0.05, 0.1) is 4.90 Å². The molecular weight excluding hydrogens is 340 g/mol. The van der Waals surface area contributed by atoms with Crippen LogP contribution in [0.1, 0.15) is 43.5 Å². The van der Waals surface area contributed by atoms with Crippen molar-refractivity contribution in [3.05, 3.63) is 46.6 Å². The minimum absolute atomic E-state index is 0.0585. The molecule has 1 saturated heterocycles. The van der Waals surface area contributed by atoms with Gasteiger partial charge >= 0.3 is 5.69 Å². The molecule has 0 amide bonds. The van der Waals surface area contributed by atoms with E-state index in [0.29, 0.717) is 30.8 Å². The lowest BCUT2D eigenvalue weighted by Gasteiger charge is -2.30. The summed E-state index contributed by atoms with van der Waals surface area (Å²) in [5.74, 6) is 0.962. The van der Waals surface area contributed by atoms with E-state index in [1.54, 1.807) is 35.6 Å². The van der Waals surface area contributed by atoms with Gasteiger partial charge in [-0.3, -0.25) is 4.57 Å². The molecular formula is C17H22N4O3S. The van der Waals surface area contributed by atoms with E-state index in [1.807, 2.05) is 10.6 Å². The second-order valence-corrected chi connectivity index (χ2v) is 8.79. The predicted molar refractivity (Wildman–Crippen MR) is 92.9 cm³/mol. The summed E-state index contributed by atoms with van der Waals surface area (Å²) in [6.07, 6.45) is 3.43. The molecule has 2 aromatic rings. The minimum atomic E-state index is -3.45. The molecule has 2 heterocycles. The first-order valence-electron chi connectivity index (χ1n) is 8.69. The van der Waals surface area contributed by atoms with E-state index in [-0.39, 0.29) is 17.6 Å². The standard InChI is InChI=1S/C17H22N4O3S/c1-19-17(22)21(14-7-8-14)16(18-19)13-9-11-20(12-10-13)25(23,24)15-5-3-2-4-6-15/h2-6,13-14H,7-12H2,1H3. The Kier molecular flexibility index (Phi) is 4.04. The number of sulfonamides is 1. The third kappa shape index (κ3) is 2.93. The van der Waals surface area contributed by atoms with Crippen molar-refractivity contribution in [3.63, 3.8) is 0 Å². The van der Waals surface area contributed by atoms with Crippen molar-refractivity contribution in [3.8, 4) is 0 Å². The summed E-state index contributed by atoms with van der Waals surface area (Å²) in [7, 11) is -1.77. The van der Waals surface area contributed by atoms with Crippen molar-refractivity contribution in [2.45, 2.75) is 42.5 Å². The van der Waals surface area contributed by atoms with Crippen LogP contribution >= 0.6 is 0 Å². The Morgan fingerprint density at radius 3 is 2.28 bits per heavy atom. The highest BCUT2D eigenvalue weighted by Crippen LogP contribution is 2.37. The largest absolute Gasteiger partial charge is 0.345 e. The average molecular weight is 362 g/mol. The van der Waals surface area contributed by atoms with Gasteiger partial charge in [0, 0.05) is 32.1 Å². The van der Waals surface area contributed by atoms with Crippen LogP contribution in [0.25, 0.3) is 0 Å². The zero-order valence-corrected chi connectivity index (χ0v) is 15.0. The van der Waals surface area contributed by atoms with Gasteiger partial charge < -0.3 is 0 Å². The fourth-order valence-corrected chi connectivity index (χ4v) is 5.04. The molecule has 0 unspecified atom stereocenters. The van der Waals surface area contributed by atoms with E-state index in [0.717, 1.165) is 18.7 Å². The van der Waals surface area contributed by atoms with Crippen molar-refractivity contribution >= 4 is 10.0 Å². The van der Waals surface area contributed by atoms with E-state index < -0.39 is 10.0 Å². The Hall–Kier alpha value is -1.93. The van der Waals surface area contributed by atoms with Gasteiger partial charge in [-0.15, -0.1) is 0 Å². The summed E-state index contributed by atoms with van der Waals surface area (Å²) in [5, 5.41) is 4.44. The Morgan fingerprint density at radius 2 is 1.68 bits per heavy atom. The van der Waals surface area contributed by atoms with Crippen LogP contribution in [0.2, 0.25) is 0 Å². The molecule has 134 valence electrons. The summed E-state index contributed by atoms with van der Waals surface area (Å²) < 4.78 is 30.2. The Balaban J connectivity index is 1.53. The molecule has 7 nitrogen and oxygen atoms in total. The second-order valence-electron chi connectivity index (χ2n) is 6.86. The molecule has 0 spiro atoms. The number of hydrogen-bond acceptors (Lipinski definition) is 4. The molecule has 1 aromatic heterocycles. The van der Waals surface area contributed by atoms with Gasteiger partial charge in [0.15, 0.2) is 0 Å². The molecule has 25 heavy (non-hydrogen) atoms. The maximum absolute atomic E-state index is 12.7. The molecule has 1 aliphatic heterocycles. The number of hydrogen-bond donors (Lipinski definition) is 0. The average Bonchev–Trinajstić information content (AvgIpc) is 3.42. The molecule has 0 radical (unpaired) electrons. The van der Waals surface area contributed by atoms with Gasteiger partial charge in [-0.05, 0) is 37.8 Å². The van der Waals surface area contributed by atoms with Crippen LogP contribution in [0.5, 0.6) is 0 Å². The predicted octanol–water partition coefficient (Wildman–Crippen LogP) is 1.48. The third-order valence-corrected chi connectivity index (χ3v) is 7.01. The normalized spacial score (nSPS) is 20.0. The highest BCUT2D eigenvalue weighted by Gasteiger charge is 2.35. The fourth-order valence-electron chi connectivity index (χ4n) is 3.55. The molecule has 1 aromatic carbocycles. The van der Waals surface area contributed by atoms with E-state index >= 15 is 0 Å². The number of aryl methyl sites for hydroxylation is 1. The molecule has 1 aliphatic carbocycles. The lowest BCUT2D eigenvalue weighted by Crippen LogP contribution is -2.38. The Morgan fingerprint density at radius 1 is 1.04 bits per heavy atom. The van der Waals surface area contributed by atoms with Gasteiger partial charge in [0.2, 0.25) is 10.0 Å². The number of nitrogens with zero attached hydrogens (tertiary/aromatic N) is 4. The molecule has 8 heteroatoms. The number of piperidine rings is 1. The van der Waals surface area contributed by atoms with Gasteiger partial charge in [-0.2, -0.15) is 9.40 Å². The third-order valence-electron chi connectivity index (χ3n) is 5.09. The quantitative estimate of drug-likeness (QED) is 0.826. The molecule has 2 fully saturated rings. The molecule has 0 N–H and O–H groups in total. The number of rotatable bonds is 4. The van der Waals surface area contributed by atoms with Gasteiger partial charge in [0.25, 0.3) is 0 Å². The fraction of sp³-hybridized carbons (Fsp3) is 0.529. The van der Waals surface area contributed by atoms with Crippen LogP contribution < -0.4 is 5.69 Å². The van der Waals surface area contributed by atoms with Crippen LogP contribution in [0, 0.1) is 0 Å². The van der Waals surface area contributed by atoms with E-state index in [2.05, 4.69) is 5.10 Å². The molecule has 1 saturated carbocycles. The molecule has 4 rings (SSSR count). The smallest absolute Gasteiger partial charge is 0.276 e. The van der Waals surface area contributed by atoms with Crippen LogP contribution in [0.3, 0.4) is 0 Å². The van der Waals surface area contributed by atoms with E-state index in [4.69, 9.17) is 0 Å². The molecule has 0 atom stereocenters. The zero-order valence-electron chi connectivity index (χ0n) is 14.2. The summed E-state index contributed by atoms with van der Waals surface area (Å²) in [6.45, 7) is 0.911. The van der Waals surface area contributed by atoms with Crippen molar-refractivity contribution in [2.75, 3.05) is 13.1 Å². The maximum Gasteiger partial charge on any atom is 0.345 e. The highest BCUT2D eigenvalue weighted by atomic mass is 32.2. The number of benzene rings is 1. The molecule has 2 aliphatic rings. The first-order valence-corrected chi connectivity index (χ1v) is 10.1. The van der Waals surface area contributed by atoms with Crippen LogP contribution in [-0.2, 0) is 17.1 Å². The SMILES string of the molecule is Cn1nc(C2CCN(S(=O)(=O)c3ccccc3)CC2)n(C2CC2)c1=O. The van der Waals surface area contributed by atoms with Crippen molar-refractivity contribution < 1.29 is 8.42 Å². The summed E-state index contributed by atoms with van der Waals surface area (Å²) in [5.41, 5.74) is -0.0585. The Bertz CT molecular complexity index is 921. The number of aromatic nitrogens is 3. The van der Waals surface area contributed by atoms with E-state index in [1.165, 1.54) is 4.68 Å². The van der Waals surface area contributed by atoms with E-state index in [9.17, 15) is 13.2 Å². The van der Waals surface area contributed by atoms with Crippen LogP contribution in [-0.4, -0.2) is 40.2 Å². The lowest BCUT2D eigenvalue weighted by atomic mass is 9.97. The zero-order chi connectivity index (χ0) is 17.6. The van der Waals surface area contributed by atoms with Gasteiger partial charge in [-0.25, -0.2) is 17.9 Å². The summed E-state index contributed by atoms with van der Waals surface area (Å²) in [4.78, 5) is 12.6. The first-order chi connectivity index (χ1) is 12.0. The maximum atomic E-state index is 12.7. The molecule has 0 bridgehead atoms. The summed E-state index contributed by atoms with van der Waals surface area (Å²) >= 11 is 0. The highest BCUT2D eigenvalue weighted by molar-refractivity contribution is 7.89. The van der Waals surface area contributed by atoms with Crippen molar-refractivity contribution in [1.29, 1.82) is 0 Å². The second kappa shape index (κ2) is 6.10. The lowest BCUT2D eigenvalue weighted by molar-refractivity contribution is 0.308. The van der Waals surface area contributed by atoms with Gasteiger partial charge in [0.1, 0.15) is 5.82 Å². The summed E-state index contributed by atoms with van der Waals surface area (Å²) in [6, 6.07) is 8.82. The van der Waals surface area contributed by atoms with Crippen LogP contribution in [0.15, 0.2) is 40.0 Å². The topological polar surface area (TPSA) is 77.2 Å². The van der Waals surface area contributed by atoms with Gasteiger partial charge in [-0.1, -0.05) is 18.2 Å². The monoisotopic (exact) mass is 362 g/mol. The first kappa shape index (κ1) is 16.5. The minimum Gasteiger partial charge on any atom is -0.276 e.